The van der Waals surface area contributed by atoms with Gasteiger partial charge in [-0.15, -0.1) is 0 Å². The number of amides is 1. The van der Waals surface area contributed by atoms with E-state index < -0.39 is 0 Å². The highest BCUT2D eigenvalue weighted by atomic mass is 16.5. The van der Waals surface area contributed by atoms with Crippen molar-refractivity contribution in [1.29, 1.82) is 0 Å². The Morgan fingerprint density at radius 1 is 1.53 bits per heavy atom. The summed E-state index contributed by atoms with van der Waals surface area (Å²) in [6, 6.07) is 2.01. The van der Waals surface area contributed by atoms with E-state index in [0.29, 0.717) is 25.7 Å². The van der Waals surface area contributed by atoms with Crippen LogP contribution in [0.25, 0.3) is 0 Å². The average molecular weight is 265 g/mol. The van der Waals surface area contributed by atoms with Crippen molar-refractivity contribution in [2.75, 3.05) is 19.7 Å². The summed E-state index contributed by atoms with van der Waals surface area (Å²) in [4.78, 5) is 11.7. The highest BCUT2D eigenvalue weighted by Crippen LogP contribution is 2.07. The van der Waals surface area contributed by atoms with Crippen LogP contribution >= 0.6 is 0 Å². The Morgan fingerprint density at radius 2 is 2.32 bits per heavy atom. The fourth-order valence-corrected chi connectivity index (χ4v) is 2.23. The van der Waals surface area contributed by atoms with E-state index in [4.69, 9.17) is 4.74 Å². The molecule has 0 aromatic carbocycles. The summed E-state index contributed by atoms with van der Waals surface area (Å²) >= 11 is 0. The number of carbonyl (C=O) groups excluding carboxylic acids is 1. The van der Waals surface area contributed by atoms with Gasteiger partial charge < -0.3 is 19.9 Å². The highest BCUT2D eigenvalue weighted by Gasteiger charge is 2.13. The number of carbonyl (C=O) groups is 1. The van der Waals surface area contributed by atoms with Gasteiger partial charge in [-0.3, -0.25) is 4.79 Å². The molecular weight excluding hydrogens is 242 g/mol. The molecule has 5 heteroatoms. The Labute approximate surface area is 114 Å². The lowest BCUT2D eigenvalue weighted by molar-refractivity contribution is -0.122. The number of ether oxygens (including phenoxy) is 1. The van der Waals surface area contributed by atoms with E-state index in [1.165, 1.54) is 0 Å². The van der Waals surface area contributed by atoms with Gasteiger partial charge in [-0.2, -0.15) is 0 Å². The monoisotopic (exact) mass is 265 g/mol. The predicted octanol–water partition coefficient (Wildman–Crippen LogP) is 0.800. The molecule has 1 aliphatic heterocycles. The SMILES string of the molecule is Cn1ccc(CNC(=O)CCOC2CCNCC2)c1. The number of rotatable bonds is 6. The molecule has 1 fully saturated rings. The minimum absolute atomic E-state index is 0.0535. The lowest BCUT2D eigenvalue weighted by Crippen LogP contribution is -2.33. The van der Waals surface area contributed by atoms with Gasteiger partial charge in [0.1, 0.15) is 0 Å². The zero-order valence-corrected chi connectivity index (χ0v) is 11.5. The number of hydrogen-bond donors (Lipinski definition) is 2. The smallest absolute Gasteiger partial charge is 0.222 e. The molecule has 0 atom stereocenters. The first-order valence-corrected chi connectivity index (χ1v) is 6.94. The van der Waals surface area contributed by atoms with Gasteiger partial charge >= 0.3 is 0 Å². The summed E-state index contributed by atoms with van der Waals surface area (Å²) in [5.41, 5.74) is 1.12. The Morgan fingerprint density at radius 3 is 3.00 bits per heavy atom. The fraction of sp³-hybridized carbons (Fsp3) is 0.643. The summed E-state index contributed by atoms with van der Waals surface area (Å²) in [6.45, 7) is 3.15. The lowest BCUT2D eigenvalue weighted by Gasteiger charge is -2.22. The minimum atomic E-state index is 0.0535. The summed E-state index contributed by atoms with van der Waals surface area (Å²) in [5, 5.41) is 6.20. The third kappa shape index (κ3) is 5.04. The van der Waals surface area contributed by atoms with Crippen molar-refractivity contribution in [3.05, 3.63) is 24.0 Å². The Hall–Kier alpha value is -1.33. The Balaban J connectivity index is 1.56. The first-order chi connectivity index (χ1) is 9.24. The standard InChI is InChI=1S/C14H23N3O2/c1-17-8-4-12(11-17)10-16-14(18)5-9-19-13-2-6-15-7-3-13/h4,8,11,13,15H,2-3,5-7,9-10H2,1H3,(H,16,18). The summed E-state index contributed by atoms with van der Waals surface area (Å²) < 4.78 is 7.68. The molecule has 1 aromatic heterocycles. The van der Waals surface area contributed by atoms with Crippen LogP contribution in [-0.2, 0) is 23.1 Å². The third-order valence-corrected chi connectivity index (χ3v) is 3.35. The number of hydrogen-bond acceptors (Lipinski definition) is 3. The molecule has 1 aliphatic rings. The molecule has 0 spiro atoms. The van der Waals surface area contributed by atoms with E-state index in [1.807, 2.05) is 30.1 Å². The second-order valence-electron chi connectivity index (χ2n) is 5.03. The topological polar surface area (TPSA) is 55.3 Å². The number of piperidine rings is 1. The van der Waals surface area contributed by atoms with Crippen molar-refractivity contribution < 1.29 is 9.53 Å². The van der Waals surface area contributed by atoms with Gasteiger partial charge in [0.2, 0.25) is 5.91 Å². The molecule has 0 unspecified atom stereocenters. The molecule has 0 radical (unpaired) electrons. The molecule has 5 nitrogen and oxygen atoms in total. The van der Waals surface area contributed by atoms with Gasteiger partial charge in [0.25, 0.3) is 0 Å². The maximum Gasteiger partial charge on any atom is 0.222 e. The lowest BCUT2D eigenvalue weighted by atomic mass is 10.1. The van der Waals surface area contributed by atoms with E-state index in [-0.39, 0.29) is 5.91 Å². The van der Waals surface area contributed by atoms with Crippen LogP contribution in [0, 0.1) is 0 Å². The molecule has 0 bridgehead atoms. The van der Waals surface area contributed by atoms with Gasteiger partial charge in [-0.25, -0.2) is 0 Å². The first kappa shape index (κ1) is 14.1. The Bertz CT molecular complexity index is 397. The minimum Gasteiger partial charge on any atom is -0.378 e. The Kier molecular flexibility index (Phi) is 5.42. The second kappa shape index (κ2) is 7.31. The van der Waals surface area contributed by atoms with Crippen molar-refractivity contribution in [2.45, 2.75) is 31.9 Å². The van der Waals surface area contributed by atoms with E-state index in [9.17, 15) is 4.79 Å². The zero-order valence-electron chi connectivity index (χ0n) is 11.5. The van der Waals surface area contributed by atoms with Crippen LogP contribution in [0.3, 0.4) is 0 Å². The summed E-state index contributed by atoms with van der Waals surface area (Å²) in [7, 11) is 1.97. The zero-order chi connectivity index (χ0) is 13.5. The number of aromatic nitrogens is 1. The largest absolute Gasteiger partial charge is 0.378 e. The van der Waals surface area contributed by atoms with Gasteiger partial charge in [0.05, 0.1) is 12.7 Å². The van der Waals surface area contributed by atoms with Gasteiger partial charge in [-0.1, -0.05) is 0 Å². The maximum absolute atomic E-state index is 11.7. The molecule has 0 aliphatic carbocycles. The van der Waals surface area contributed by atoms with Crippen LogP contribution in [-0.4, -0.2) is 36.3 Å². The average Bonchev–Trinajstić information content (AvgIpc) is 2.83. The molecule has 2 heterocycles. The summed E-state index contributed by atoms with van der Waals surface area (Å²) in [5.74, 6) is 0.0535. The van der Waals surface area contributed by atoms with Crippen molar-refractivity contribution in [1.82, 2.24) is 15.2 Å². The summed E-state index contributed by atoms with van der Waals surface area (Å²) in [6.07, 6.45) is 6.84. The molecule has 2 rings (SSSR count). The fourth-order valence-electron chi connectivity index (χ4n) is 2.23. The van der Waals surface area contributed by atoms with Gasteiger partial charge in [0.15, 0.2) is 0 Å². The van der Waals surface area contributed by atoms with Crippen molar-refractivity contribution in [2.24, 2.45) is 7.05 Å². The van der Waals surface area contributed by atoms with E-state index >= 15 is 0 Å². The molecule has 2 N–H and O–H groups in total. The maximum atomic E-state index is 11.7. The van der Waals surface area contributed by atoms with Crippen molar-refractivity contribution in [3.63, 3.8) is 0 Å². The highest BCUT2D eigenvalue weighted by molar-refractivity contribution is 5.75. The van der Waals surface area contributed by atoms with Crippen LogP contribution in [0.2, 0.25) is 0 Å². The second-order valence-corrected chi connectivity index (χ2v) is 5.03. The third-order valence-electron chi connectivity index (χ3n) is 3.35. The molecule has 106 valence electrons. The predicted molar refractivity (Wildman–Crippen MR) is 73.7 cm³/mol. The van der Waals surface area contributed by atoms with Crippen LogP contribution in [0.5, 0.6) is 0 Å². The normalized spacial score (nSPS) is 16.5. The van der Waals surface area contributed by atoms with Crippen molar-refractivity contribution >= 4 is 5.91 Å². The van der Waals surface area contributed by atoms with E-state index in [0.717, 1.165) is 31.5 Å². The van der Waals surface area contributed by atoms with Gasteiger partial charge in [-0.05, 0) is 37.6 Å². The van der Waals surface area contributed by atoms with Gasteiger partial charge in [0, 0.05) is 32.4 Å². The molecule has 1 saturated heterocycles. The van der Waals surface area contributed by atoms with Crippen LogP contribution in [0.4, 0.5) is 0 Å². The van der Waals surface area contributed by atoms with E-state index in [2.05, 4.69) is 10.6 Å². The molecule has 19 heavy (non-hydrogen) atoms. The molecule has 0 saturated carbocycles. The number of nitrogens with zero attached hydrogens (tertiary/aromatic N) is 1. The quantitative estimate of drug-likeness (QED) is 0.800. The van der Waals surface area contributed by atoms with E-state index in [1.54, 1.807) is 0 Å². The van der Waals surface area contributed by atoms with Crippen molar-refractivity contribution in [3.8, 4) is 0 Å². The molecule has 1 amide bonds. The molecular formula is C14H23N3O2. The molecule has 1 aromatic rings. The number of nitrogens with one attached hydrogen (secondary N) is 2. The van der Waals surface area contributed by atoms with Crippen LogP contribution in [0.15, 0.2) is 18.5 Å². The number of aryl methyl sites for hydroxylation is 1. The van der Waals surface area contributed by atoms with Crippen LogP contribution in [0.1, 0.15) is 24.8 Å². The van der Waals surface area contributed by atoms with Crippen LogP contribution < -0.4 is 10.6 Å². The first-order valence-electron chi connectivity index (χ1n) is 6.94.